The molecule has 0 atom stereocenters. The molecule has 2 aromatic carbocycles. The molecule has 30 heavy (non-hydrogen) atoms. The standard InChI is InChI=1S/C24H22N4OS/c1-18-9-11-21(12-10-18)30-15-14-26-24(29)22-17-28(20-7-3-2-4-8-20)27-23(22)19-6-5-13-25-16-19/h2-13,16-17H,14-15H2,1H3,(H,26,29). The number of nitrogens with zero attached hydrogens (tertiary/aromatic N) is 3. The fourth-order valence-electron chi connectivity index (χ4n) is 3.03. The average molecular weight is 415 g/mol. The van der Waals surface area contributed by atoms with Crippen LogP contribution in [0.25, 0.3) is 16.9 Å². The first-order valence-corrected chi connectivity index (χ1v) is 10.7. The highest BCUT2D eigenvalue weighted by Gasteiger charge is 2.18. The molecule has 4 aromatic rings. The second-order valence-electron chi connectivity index (χ2n) is 6.83. The summed E-state index contributed by atoms with van der Waals surface area (Å²) in [7, 11) is 0. The molecule has 0 unspecified atom stereocenters. The Hall–Kier alpha value is -3.38. The van der Waals surface area contributed by atoms with Gasteiger partial charge in [-0.15, -0.1) is 11.8 Å². The number of benzene rings is 2. The van der Waals surface area contributed by atoms with Gasteiger partial charge in [0.2, 0.25) is 0 Å². The Morgan fingerprint density at radius 2 is 1.83 bits per heavy atom. The fraction of sp³-hybridized carbons (Fsp3) is 0.125. The quantitative estimate of drug-likeness (QED) is 0.350. The first-order chi connectivity index (χ1) is 14.7. The zero-order chi connectivity index (χ0) is 20.8. The number of rotatable bonds is 7. The zero-order valence-corrected chi connectivity index (χ0v) is 17.5. The highest BCUT2D eigenvalue weighted by Crippen LogP contribution is 2.23. The van der Waals surface area contributed by atoms with Crippen molar-refractivity contribution in [3.63, 3.8) is 0 Å². The van der Waals surface area contributed by atoms with Gasteiger partial charge in [0, 0.05) is 41.3 Å². The van der Waals surface area contributed by atoms with Crippen LogP contribution in [-0.4, -0.2) is 33.0 Å². The molecule has 1 amide bonds. The molecule has 0 saturated carbocycles. The second-order valence-corrected chi connectivity index (χ2v) is 8.00. The van der Waals surface area contributed by atoms with E-state index in [9.17, 15) is 4.79 Å². The molecule has 150 valence electrons. The van der Waals surface area contributed by atoms with Crippen molar-refractivity contribution in [2.45, 2.75) is 11.8 Å². The number of carbonyl (C=O) groups is 1. The van der Waals surface area contributed by atoms with Crippen molar-refractivity contribution in [1.29, 1.82) is 0 Å². The maximum atomic E-state index is 12.9. The molecular formula is C24H22N4OS. The number of carbonyl (C=O) groups excluding carboxylic acids is 1. The normalized spacial score (nSPS) is 10.7. The molecule has 2 heterocycles. The van der Waals surface area contributed by atoms with E-state index in [0.717, 1.165) is 17.0 Å². The van der Waals surface area contributed by atoms with Crippen LogP contribution in [0.4, 0.5) is 0 Å². The highest BCUT2D eigenvalue weighted by atomic mass is 32.2. The van der Waals surface area contributed by atoms with Crippen LogP contribution < -0.4 is 5.32 Å². The lowest BCUT2D eigenvalue weighted by atomic mass is 10.1. The van der Waals surface area contributed by atoms with Gasteiger partial charge in [-0.2, -0.15) is 5.10 Å². The van der Waals surface area contributed by atoms with E-state index in [1.165, 1.54) is 10.5 Å². The van der Waals surface area contributed by atoms with Crippen molar-refractivity contribution >= 4 is 17.7 Å². The van der Waals surface area contributed by atoms with Crippen LogP contribution in [0.1, 0.15) is 15.9 Å². The zero-order valence-electron chi connectivity index (χ0n) is 16.7. The summed E-state index contributed by atoms with van der Waals surface area (Å²) >= 11 is 1.72. The molecule has 0 bridgehead atoms. The van der Waals surface area contributed by atoms with Gasteiger partial charge in [0.1, 0.15) is 5.69 Å². The molecule has 0 aliphatic carbocycles. The van der Waals surface area contributed by atoms with Gasteiger partial charge in [0.15, 0.2) is 0 Å². The van der Waals surface area contributed by atoms with E-state index in [2.05, 4.69) is 46.6 Å². The van der Waals surface area contributed by atoms with Gasteiger partial charge in [0.25, 0.3) is 5.91 Å². The molecule has 0 radical (unpaired) electrons. The molecule has 0 aliphatic rings. The number of aryl methyl sites for hydroxylation is 1. The first kappa shape index (κ1) is 19.9. The number of hydrogen-bond donors (Lipinski definition) is 1. The minimum atomic E-state index is -0.138. The number of nitrogens with one attached hydrogen (secondary N) is 1. The van der Waals surface area contributed by atoms with E-state index in [0.29, 0.717) is 17.8 Å². The Morgan fingerprint density at radius 3 is 2.57 bits per heavy atom. The number of thioether (sulfide) groups is 1. The number of amides is 1. The van der Waals surface area contributed by atoms with Crippen molar-refractivity contribution in [2.24, 2.45) is 0 Å². The van der Waals surface area contributed by atoms with Crippen molar-refractivity contribution in [1.82, 2.24) is 20.1 Å². The van der Waals surface area contributed by atoms with Gasteiger partial charge >= 0.3 is 0 Å². The molecule has 0 fully saturated rings. The third-order valence-electron chi connectivity index (χ3n) is 4.59. The van der Waals surface area contributed by atoms with Crippen molar-refractivity contribution in [3.05, 3.63) is 96.4 Å². The van der Waals surface area contributed by atoms with Gasteiger partial charge in [-0.05, 0) is 43.3 Å². The summed E-state index contributed by atoms with van der Waals surface area (Å²) in [4.78, 5) is 18.3. The van der Waals surface area contributed by atoms with Crippen molar-refractivity contribution in [3.8, 4) is 16.9 Å². The lowest BCUT2D eigenvalue weighted by molar-refractivity contribution is 0.0957. The maximum absolute atomic E-state index is 12.9. The maximum Gasteiger partial charge on any atom is 0.255 e. The van der Waals surface area contributed by atoms with Gasteiger partial charge in [-0.3, -0.25) is 9.78 Å². The summed E-state index contributed by atoms with van der Waals surface area (Å²) in [6.45, 7) is 2.64. The average Bonchev–Trinajstić information content (AvgIpc) is 3.25. The fourth-order valence-corrected chi connectivity index (χ4v) is 3.80. The number of hydrogen-bond acceptors (Lipinski definition) is 4. The number of para-hydroxylation sites is 1. The molecule has 5 nitrogen and oxygen atoms in total. The van der Waals surface area contributed by atoms with Crippen LogP contribution in [0.15, 0.2) is 90.2 Å². The highest BCUT2D eigenvalue weighted by molar-refractivity contribution is 7.99. The van der Waals surface area contributed by atoms with Crippen LogP contribution in [0.3, 0.4) is 0 Å². The second kappa shape index (κ2) is 9.41. The Kier molecular flexibility index (Phi) is 6.25. The van der Waals surface area contributed by atoms with Crippen molar-refractivity contribution < 1.29 is 4.79 Å². The molecule has 2 aromatic heterocycles. The van der Waals surface area contributed by atoms with Gasteiger partial charge in [-0.1, -0.05) is 35.9 Å². The van der Waals surface area contributed by atoms with E-state index in [-0.39, 0.29) is 5.91 Å². The minimum Gasteiger partial charge on any atom is -0.351 e. The van der Waals surface area contributed by atoms with E-state index >= 15 is 0 Å². The van der Waals surface area contributed by atoms with Crippen LogP contribution in [-0.2, 0) is 0 Å². The van der Waals surface area contributed by atoms with E-state index in [4.69, 9.17) is 0 Å². The molecule has 0 spiro atoms. The Bertz CT molecular complexity index is 1110. The Morgan fingerprint density at radius 1 is 1.03 bits per heavy atom. The Balaban J connectivity index is 1.49. The smallest absolute Gasteiger partial charge is 0.255 e. The molecule has 1 N–H and O–H groups in total. The Labute approximate surface area is 180 Å². The summed E-state index contributed by atoms with van der Waals surface area (Å²) in [6.07, 6.45) is 5.21. The van der Waals surface area contributed by atoms with Gasteiger partial charge in [0.05, 0.1) is 11.3 Å². The van der Waals surface area contributed by atoms with Crippen LogP contribution in [0.2, 0.25) is 0 Å². The molecule has 0 saturated heterocycles. The lowest BCUT2D eigenvalue weighted by Gasteiger charge is -2.06. The van der Waals surface area contributed by atoms with E-state index in [1.54, 1.807) is 35.0 Å². The SMILES string of the molecule is Cc1ccc(SCCNC(=O)c2cn(-c3ccccc3)nc2-c2cccnc2)cc1. The largest absolute Gasteiger partial charge is 0.351 e. The third-order valence-corrected chi connectivity index (χ3v) is 5.61. The first-order valence-electron chi connectivity index (χ1n) is 9.74. The third kappa shape index (κ3) is 4.78. The number of aromatic nitrogens is 3. The summed E-state index contributed by atoms with van der Waals surface area (Å²) in [5.74, 6) is 0.657. The van der Waals surface area contributed by atoms with Gasteiger partial charge < -0.3 is 5.32 Å². The molecular weight excluding hydrogens is 392 g/mol. The summed E-state index contributed by atoms with van der Waals surface area (Å²) in [6, 6.07) is 21.9. The summed E-state index contributed by atoms with van der Waals surface area (Å²) in [5, 5.41) is 7.69. The number of pyridine rings is 1. The molecule has 6 heteroatoms. The molecule has 0 aliphatic heterocycles. The van der Waals surface area contributed by atoms with Crippen molar-refractivity contribution in [2.75, 3.05) is 12.3 Å². The summed E-state index contributed by atoms with van der Waals surface area (Å²) < 4.78 is 1.73. The summed E-state index contributed by atoms with van der Waals surface area (Å²) in [5.41, 5.74) is 4.11. The minimum absolute atomic E-state index is 0.138. The monoisotopic (exact) mass is 414 g/mol. The van der Waals surface area contributed by atoms with Crippen LogP contribution in [0, 0.1) is 6.92 Å². The van der Waals surface area contributed by atoms with Crippen LogP contribution >= 0.6 is 11.8 Å². The topological polar surface area (TPSA) is 59.8 Å². The lowest BCUT2D eigenvalue weighted by Crippen LogP contribution is -2.25. The molecule has 4 rings (SSSR count). The van der Waals surface area contributed by atoms with E-state index < -0.39 is 0 Å². The van der Waals surface area contributed by atoms with Crippen LogP contribution in [0.5, 0.6) is 0 Å². The predicted molar refractivity (Wildman–Crippen MR) is 121 cm³/mol. The predicted octanol–water partition coefficient (Wildman–Crippen LogP) is 4.76. The van der Waals surface area contributed by atoms with Gasteiger partial charge in [-0.25, -0.2) is 4.68 Å². The van der Waals surface area contributed by atoms with E-state index in [1.807, 2.05) is 42.5 Å².